The molecule has 4 rings (SSSR count). The van der Waals surface area contributed by atoms with E-state index in [1.54, 1.807) is 13.8 Å². The van der Waals surface area contributed by atoms with Crippen molar-refractivity contribution in [1.29, 1.82) is 5.26 Å². The number of hydrogen-bond donors (Lipinski definition) is 2. The van der Waals surface area contributed by atoms with Gasteiger partial charge in [-0.15, -0.1) is 5.10 Å². The van der Waals surface area contributed by atoms with Crippen LogP contribution < -0.4 is 15.4 Å². The number of pyridine rings is 1. The molecule has 1 unspecified atom stereocenters. The first-order valence-electron chi connectivity index (χ1n) is 11.6. The maximum Gasteiger partial charge on any atom is 0.422 e. The third-order valence-corrected chi connectivity index (χ3v) is 6.54. The highest BCUT2D eigenvalue weighted by Gasteiger charge is 2.43. The molecule has 1 aliphatic carbocycles. The Kier molecular flexibility index (Phi) is 7.77. The quantitative estimate of drug-likeness (QED) is 0.363. The predicted molar refractivity (Wildman–Crippen MR) is 136 cm³/mol. The topological polar surface area (TPSA) is 122 Å². The summed E-state index contributed by atoms with van der Waals surface area (Å²) < 4.78 is 43.9. The van der Waals surface area contributed by atoms with Crippen molar-refractivity contribution in [2.75, 3.05) is 11.9 Å². The number of ether oxygens (including phenoxy) is 1. The van der Waals surface area contributed by atoms with E-state index in [9.17, 15) is 28.0 Å². The number of carbonyl (C=O) groups is 2. The molecule has 9 nitrogen and oxygen atoms in total. The number of nitrogens with one attached hydrogen (secondary N) is 2. The minimum atomic E-state index is -4.64. The zero-order valence-corrected chi connectivity index (χ0v) is 22.1. The monoisotopic (exact) mass is 580 g/mol. The lowest BCUT2D eigenvalue weighted by Gasteiger charge is -2.24. The molecule has 14 heteroatoms. The molecule has 1 aliphatic rings. The van der Waals surface area contributed by atoms with E-state index >= 15 is 0 Å². The molecule has 0 bridgehead atoms. The van der Waals surface area contributed by atoms with Crippen molar-refractivity contribution >= 4 is 40.7 Å². The maximum absolute atomic E-state index is 13.5. The smallest absolute Gasteiger partial charge is 0.422 e. The Morgan fingerprint density at radius 3 is 2.56 bits per heavy atom. The lowest BCUT2D eigenvalue weighted by atomic mass is 9.96. The Morgan fingerprint density at radius 2 is 1.95 bits per heavy atom. The molecule has 1 fully saturated rings. The van der Waals surface area contributed by atoms with Crippen molar-refractivity contribution in [2.24, 2.45) is 5.92 Å². The second-order valence-corrected chi connectivity index (χ2v) is 9.98. The Morgan fingerprint density at radius 1 is 1.23 bits per heavy atom. The van der Waals surface area contributed by atoms with Crippen molar-refractivity contribution in [1.82, 2.24) is 20.1 Å². The first-order chi connectivity index (χ1) is 18.3. The SMILES string of the molecule is Cc1cc(Cl)cc(C(=O)NC(C)(C#N)C2CC2)c1NC(=O)c1cc(OCC(F)(F)F)nn1-c1ncccc1Cl. The average Bonchev–Trinajstić information content (AvgIpc) is 3.64. The van der Waals surface area contributed by atoms with Crippen molar-refractivity contribution < 1.29 is 27.5 Å². The summed E-state index contributed by atoms with van der Waals surface area (Å²) in [6.07, 6.45) is -1.70. The minimum Gasteiger partial charge on any atom is -0.467 e. The van der Waals surface area contributed by atoms with E-state index in [4.69, 9.17) is 27.9 Å². The van der Waals surface area contributed by atoms with Gasteiger partial charge in [0.05, 0.1) is 22.3 Å². The Balaban J connectivity index is 1.71. The molecule has 1 aromatic carbocycles. The highest BCUT2D eigenvalue weighted by Crippen LogP contribution is 2.39. The fourth-order valence-electron chi connectivity index (χ4n) is 3.89. The fourth-order valence-corrected chi connectivity index (χ4v) is 4.37. The predicted octanol–water partition coefficient (Wildman–Crippen LogP) is 5.50. The Bertz CT molecular complexity index is 1480. The van der Waals surface area contributed by atoms with Gasteiger partial charge in [0.15, 0.2) is 12.4 Å². The van der Waals surface area contributed by atoms with Gasteiger partial charge < -0.3 is 15.4 Å². The van der Waals surface area contributed by atoms with Gasteiger partial charge >= 0.3 is 6.18 Å². The van der Waals surface area contributed by atoms with Crippen molar-refractivity contribution in [3.63, 3.8) is 0 Å². The van der Waals surface area contributed by atoms with Crippen LogP contribution in [0.3, 0.4) is 0 Å². The Hall–Kier alpha value is -3.82. The van der Waals surface area contributed by atoms with Crippen molar-refractivity contribution in [2.45, 2.75) is 38.4 Å². The zero-order chi connectivity index (χ0) is 28.5. The van der Waals surface area contributed by atoms with Crippen molar-refractivity contribution in [3.05, 3.63) is 63.4 Å². The Labute approximate surface area is 230 Å². The van der Waals surface area contributed by atoms with Crippen LogP contribution in [-0.4, -0.2) is 44.9 Å². The second kappa shape index (κ2) is 10.7. The van der Waals surface area contributed by atoms with E-state index < -0.39 is 36.0 Å². The van der Waals surface area contributed by atoms with Gasteiger partial charge in [0.1, 0.15) is 11.2 Å². The van der Waals surface area contributed by atoms with Crippen LogP contribution >= 0.6 is 23.2 Å². The van der Waals surface area contributed by atoms with Crippen molar-refractivity contribution in [3.8, 4) is 17.8 Å². The lowest BCUT2D eigenvalue weighted by Crippen LogP contribution is -2.47. The summed E-state index contributed by atoms with van der Waals surface area (Å²) in [4.78, 5) is 30.8. The van der Waals surface area contributed by atoms with Crippen LogP contribution in [0.2, 0.25) is 10.0 Å². The molecule has 2 heterocycles. The summed E-state index contributed by atoms with van der Waals surface area (Å²) in [5.41, 5.74) is -0.898. The number of benzene rings is 1. The molecule has 3 aromatic rings. The largest absolute Gasteiger partial charge is 0.467 e. The normalized spacial score (nSPS) is 14.7. The number of nitrogens with zero attached hydrogens (tertiary/aromatic N) is 4. The van der Waals surface area contributed by atoms with E-state index in [1.165, 1.54) is 30.5 Å². The summed E-state index contributed by atoms with van der Waals surface area (Å²) in [6, 6.07) is 8.97. The third-order valence-electron chi connectivity index (χ3n) is 6.03. The molecule has 2 N–H and O–H groups in total. The minimum absolute atomic E-state index is 0.00244. The first kappa shape index (κ1) is 28.2. The molecule has 2 amide bonds. The van der Waals surface area contributed by atoms with E-state index in [-0.39, 0.29) is 38.7 Å². The van der Waals surface area contributed by atoms with Gasteiger partial charge in [-0.1, -0.05) is 23.2 Å². The molecular formula is C25H21Cl2F3N6O3. The van der Waals surface area contributed by atoms with Crippen LogP contribution in [0.4, 0.5) is 18.9 Å². The number of rotatable bonds is 8. The number of aromatic nitrogens is 3. The van der Waals surface area contributed by atoms with Crippen LogP contribution in [0, 0.1) is 24.2 Å². The summed E-state index contributed by atoms with van der Waals surface area (Å²) in [7, 11) is 0. The number of alkyl halides is 3. The van der Waals surface area contributed by atoms with Crippen LogP contribution in [0.5, 0.6) is 5.88 Å². The molecule has 2 aromatic heterocycles. The molecule has 39 heavy (non-hydrogen) atoms. The van der Waals surface area contributed by atoms with E-state index in [2.05, 4.69) is 26.8 Å². The number of hydrogen-bond acceptors (Lipinski definition) is 6. The number of carbonyl (C=O) groups excluding carboxylic acids is 2. The van der Waals surface area contributed by atoms with Crippen LogP contribution in [0.25, 0.3) is 5.82 Å². The highest BCUT2D eigenvalue weighted by molar-refractivity contribution is 6.32. The van der Waals surface area contributed by atoms with Gasteiger partial charge in [0.25, 0.3) is 11.8 Å². The fraction of sp³-hybridized carbons (Fsp3) is 0.320. The number of aryl methyl sites for hydroxylation is 1. The van der Waals surface area contributed by atoms with Gasteiger partial charge in [0, 0.05) is 17.3 Å². The van der Waals surface area contributed by atoms with Gasteiger partial charge in [-0.3, -0.25) is 9.59 Å². The number of halogens is 5. The van der Waals surface area contributed by atoms with Crippen LogP contribution in [0.1, 0.15) is 46.2 Å². The van der Waals surface area contributed by atoms with Gasteiger partial charge in [-0.25, -0.2) is 9.67 Å². The number of nitriles is 1. The zero-order valence-electron chi connectivity index (χ0n) is 20.6. The molecule has 0 radical (unpaired) electrons. The average molecular weight is 581 g/mol. The van der Waals surface area contributed by atoms with E-state index in [0.717, 1.165) is 23.6 Å². The molecule has 1 atom stereocenters. The molecule has 0 spiro atoms. The number of amides is 2. The maximum atomic E-state index is 13.5. The van der Waals surface area contributed by atoms with E-state index in [1.807, 2.05) is 0 Å². The molecule has 1 saturated carbocycles. The molecule has 204 valence electrons. The summed E-state index contributed by atoms with van der Waals surface area (Å²) in [5, 5.41) is 19.2. The highest BCUT2D eigenvalue weighted by atomic mass is 35.5. The molecular weight excluding hydrogens is 560 g/mol. The summed E-state index contributed by atoms with van der Waals surface area (Å²) in [6.45, 7) is 1.59. The van der Waals surface area contributed by atoms with Gasteiger partial charge in [0.2, 0.25) is 5.88 Å². The van der Waals surface area contributed by atoms with Gasteiger partial charge in [-0.05, 0) is 62.4 Å². The lowest BCUT2D eigenvalue weighted by molar-refractivity contribution is -0.154. The molecule has 0 aliphatic heterocycles. The third kappa shape index (κ3) is 6.43. The summed E-state index contributed by atoms with van der Waals surface area (Å²) >= 11 is 12.4. The second-order valence-electron chi connectivity index (χ2n) is 9.13. The summed E-state index contributed by atoms with van der Waals surface area (Å²) in [5.74, 6) is -2.03. The van der Waals surface area contributed by atoms with Crippen LogP contribution in [0.15, 0.2) is 36.5 Å². The van der Waals surface area contributed by atoms with E-state index in [0.29, 0.717) is 5.56 Å². The first-order valence-corrected chi connectivity index (χ1v) is 12.3. The van der Waals surface area contributed by atoms with Gasteiger partial charge in [-0.2, -0.15) is 18.4 Å². The standard InChI is InChI=1S/C25H21Cl2F3N6O3/c1-13-8-15(26)9-16(22(37)34-24(2,11-31)14-5-6-14)20(13)33-23(38)18-10-19(39-12-25(28,29)30)35-36(18)21-17(27)4-3-7-32-21/h3-4,7-10,14H,5-6,12H2,1-2H3,(H,33,38)(H,34,37). The van der Waals surface area contributed by atoms with Crippen LogP contribution in [-0.2, 0) is 0 Å². The molecule has 0 saturated heterocycles. The number of anilines is 1.